The molecule has 1 unspecified atom stereocenters. The number of hydrogen-bond donors (Lipinski definition) is 1. The number of nitrogens with one attached hydrogen (secondary N) is 1. The van der Waals surface area contributed by atoms with E-state index < -0.39 is 0 Å². The summed E-state index contributed by atoms with van der Waals surface area (Å²) in [5, 5.41) is 4.70. The van der Waals surface area contributed by atoms with E-state index in [-0.39, 0.29) is 12.0 Å². The molecule has 1 N–H and O–H groups in total. The van der Waals surface area contributed by atoms with E-state index in [1.165, 1.54) is 27.6 Å². The number of ether oxygens (including phenoxy) is 1. The number of rotatable bonds is 5. The Morgan fingerprint density at radius 3 is 2.84 bits per heavy atom. The van der Waals surface area contributed by atoms with Gasteiger partial charge in [0.1, 0.15) is 0 Å². The molecule has 0 saturated carbocycles. The molecule has 102 valence electrons. The van der Waals surface area contributed by atoms with Crippen LogP contribution < -0.4 is 5.32 Å². The smallest absolute Gasteiger partial charge is 0.306 e. The Kier molecular flexibility index (Phi) is 4.56. The van der Waals surface area contributed by atoms with Gasteiger partial charge in [0.15, 0.2) is 0 Å². The molecule has 19 heavy (non-hydrogen) atoms. The second-order valence-corrected chi connectivity index (χ2v) is 5.67. The van der Waals surface area contributed by atoms with Gasteiger partial charge in [0.05, 0.1) is 13.5 Å². The molecule has 2 aromatic rings. The first-order valence-corrected chi connectivity index (χ1v) is 7.23. The second-order valence-electron chi connectivity index (χ2n) is 4.59. The molecule has 1 aromatic heterocycles. The molecule has 0 saturated heterocycles. The molecule has 0 aliphatic carbocycles. The van der Waals surface area contributed by atoms with Gasteiger partial charge in [-0.05, 0) is 30.9 Å². The number of carbonyl (C=O) groups is 1. The maximum atomic E-state index is 11.1. The Bertz CT molecular complexity index is 577. The summed E-state index contributed by atoms with van der Waals surface area (Å²) in [6.07, 6.45) is 0.408. The number of hydrogen-bond acceptors (Lipinski definition) is 4. The number of benzene rings is 1. The molecular weight excluding hydrogens is 258 g/mol. The Hall–Kier alpha value is -1.39. The largest absolute Gasteiger partial charge is 0.469 e. The molecule has 0 bridgehead atoms. The van der Waals surface area contributed by atoms with Gasteiger partial charge in [-0.25, -0.2) is 0 Å². The first-order valence-electron chi connectivity index (χ1n) is 6.41. The number of thiophene rings is 1. The fourth-order valence-electron chi connectivity index (χ4n) is 2.19. The van der Waals surface area contributed by atoms with Gasteiger partial charge in [-0.1, -0.05) is 18.2 Å². The molecule has 1 atom stereocenters. The van der Waals surface area contributed by atoms with Crippen LogP contribution in [0, 0.1) is 6.92 Å². The quantitative estimate of drug-likeness (QED) is 0.851. The van der Waals surface area contributed by atoms with Crippen LogP contribution in [-0.2, 0) is 9.53 Å². The summed E-state index contributed by atoms with van der Waals surface area (Å²) < 4.78 is 5.95. The molecule has 1 heterocycles. The lowest BCUT2D eigenvalue weighted by Crippen LogP contribution is -2.22. The minimum absolute atomic E-state index is 0.173. The van der Waals surface area contributed by atoms with E-state index in [1.54, 1.807) is 0 Å². The van der Waals surface area contributed by atoms with Crippen molar-refractivity contribution in [1.82, 2.24) is 5.32 Å². The van der Waals surface area contributed by atoms with Gasteiger partial charge in [-0.2, -0.15) is 0 Å². The SMILES string of the molecule is COC(=O)CCNC(C)c1sc2ccccc2c1C. The highest BCUT2D eigenvalue weighted by Crippen LogP contribution is 2.34. The molecule has 0 fully saturated rings. The summed E-state index contributed by atoms with van der Waals surface area (Å²) in [4.78, 5) is 12.4. The number of esters is 1. The lowest BCUT2D eigenvalue weighted by molar-refractivity contribution is -0.140. The van der Waals surface area contributed by atoms with Gasteiger partial charge in [-0.15, -0.1) is 11.3 Å². The van der Waals surface area contributed by atoms with Crippen LogP contribution in [0.25, 0.3) is 10.1 Å². The van der Waals surface area contributed by atoms with Gasteiger partial charge in [0.2, 0.25) is 0 Å². The van der Waals surface area contributed by atoms with Gasteiger partial charge in [0, 0.05) is 22.2 Å². The Morgan fingerprint density at radius 1 is 1.42 bits per heavy atom. The standard InChI is InChI=1S/C15H19NO2S/c1-10-12-6-4-5-7-13(12)19-15(10)11(2)16-9-8-14(17)18-3/h4-7,11,16H,8-9H2,1-3H3. The molecule has 0 aliphatic rings. The minimum atomic E-state index is -0.173. The highest BCUT2D eigenvalue weighted by atomic mass is 32.1. The van der Waals surface area contributed by atoms with E-state index in [1.807, 2.05) is 11.3 Å². The summed E-state index contributed by atoms with van der Waals surface area (Å²) in [6, 6.07) is 8.70. The van der Waals surface area contributed by atoms with E-state index in [0.717, 1.165) is 0 Å². The third-order valence-corrected chi connectivity index (χ3v) is 4.74. The molecule has 1 aromatic carbocycles. The topological polar surface area (TPSA) is 38.3 Å². The fraction of sp³-hybridized carbons (Fsp3) is 0.400. The molecular formula is C15H19NO2S. The highest BCUT2D eigenvalue weighted by Gasteiger charge is 2.14. The van der Waals surface area contributed by atoms with Crippen molar-refractivity contribution >= 4 is 27.4 Å². The van der Waals surface area contributed by atoms with Gasteiger partial charge in [0.25, 0.3) is 0 Å². The Labute approximate surface area is 117 Å². The van der Waals surface area contributed by atoms with Crippen molar-refractivity contribution in [2.24, 2.45) is 0 Å². The highest BCUT2D eigenvalue weighted by molar-refractivity contribution is 7.19. The van der Waals surface area contributed by atoms with Gasteiger partial charge in [-0.3, -0.25) is 4.79 Å². The molecule has 0 amide bonds. The zero-order chi connectivity index (χ0) is 13.8. The fourth-order valence-corrected chi connectivity index (χ4v) is 3.43. The Morgan fingerprint density at radius 2 is 2.16 bits per heavy atom. The third kappa shape index (κ3) is 3.14. The van der Waals surface area contributed by atoms with Crippen LogP contribution in [0.1, 0.15) is 29.8 Å². The van der Waals surface area contributed by atoms with Crippen molar-refractivity contribution in [1.29, 1.82) is 0 Å². The molecule has 0 spiro atoms. The molecule has 0 aliphatic heterocycles. The van der Waals surface area contributed by atoms with Crippen molar-refractivity contribution in [3.63, 3.8) is 0 Å². The van der Waals surface area contributed by atoms with Crippen LogP contribution in [0.4, 0.5) is 0 Å². The first-order chi connectivity index (χ1) is 9.13. The van der Waals surface area contributed by atoms with Crippen LogP contribution in [0.15, 0.2) is 24.3 Å². The lowest BCUT2D eigenvalue weighted by atomic mass is 10.1. The average molecular weight is 277 g/mol. The number of fused-ring (bicyclic) bond motifs is 1. The van der Waals surface area contributed by atoms with Crippen LogP contribution in [-0.4, -0.2) is 19.6 Å². The first kappa shape index (κ1) is 14.0. The number of methoxy groups -OCH3 is 1. The number of carbonyl (C=O) groups excluding carboxylic acids is 1. The predicted molar refractivity (Wildman–Crippen MR) is 79.6 cm³/mol. The maximum Gasteiger partial charge on any atom is 0.306 e. The third-order valence-electron chi connectivity index (χ3n) is 3.28. The van der Waals surface area contributed by atoms with Crippen molar-refractivity contribution in [2.75, 3.05) is 13.7 Å². The normalized spacial score (nSPS) is 12.6. The summed E-state index contributed by atoms with van der Waals surface area (Å²) >= 11 is 1.82. The Balaban J connectivity index is 2.07. The minimum Gasteiger partial charge on any atom is -0.469 e. The monoisotopic (exact) mass is 277 g/mol. The van der Waals surface area contributed by atoms with Crippen molar-refractivity contribution in [3.8, 4) is 0 Å². The van der Waals surface area contributed by atoms with Crippen molar-refractivity contribution in [3.05, 3.63) is 34.7 Å². The molecule has 3 nitrogen and oxygen atoms in total. The van der Waals surface area contributed by atoms with Crippen LogP contribution >= 0.6 is 11.3 Å². The summed E-state index contributed by atoms with van der Waals surface area (Å²) in [5.41, 5.74) is 1.33. The summed E-state index contributed by atoms with van der Waals surface area (Å²) in [5.74, 6) is -0.173. The summed E-state index contributed by atoms with van der Waals surface area (Å²) in [6.45, 7) is 4.93. The lowest BCUT2D eigenvalue weighted by Gasteiger charge is -2.12. The van der Waals surface area contributed by atoms with Crippen molar-refractivity contribution < 1.29 is 9.53 Å². The van der Waals surface area contributed by atoms with Crippen LogP contribution in [0.3, 0.4) is 0 Å². The molecule has 2 rings (SSSR count). The van der Waals surface area contributed by atoms with Gasteiger partial charge >= 0.3 is 5.97 Å². The van der Waals surface area contributed by atoms with E-state index in [4.69, 9.17) is 0 Å². The molecule has 4 heteroatoms. The zero-order valence-corrected chi connectivity index (χ0v) is 12.3. The van der Waals surface area contributed by atoms with E-state index in [2.05, 4.69) is 48.2 Å². The van der Waals surface area contributed by atoms with Crippen LogP contribution in [0.5, 0.6) is 0 Å². The maximum absolute atomic E-state index is 11.1. The zero-order valence-electron chi connectivity index (χ0n) is 11.5. The van der Waals surface area contributed by atoms with E-state index in [9.17, 15) is 4.79 Å². The molecule has 0 radical (unpaired) electrons. The van der Waals surface area contributed by atoms with Crippen LogP contribution in [0.2, 0.25) is 0 Å². The van der Waals surface area contributed by atoms with Gasteiger partial charge < -0.3 is 10.1 Å². The predicted octanol–water partition coefficient (Wildman–Crippen LogP) is 3.42. The second kappa shape index (κ2) is 6.17. The van der Waals surface area contributed by atoms with E-state index in [0.29, 0.717) is 13.0 Å². The summed E-state index contributed by atoms with van der Waals surface area (Å²) in [7, 11) is 1.42. The average Bonchev–Trinajstić information content (AvgIpc) is 2.76. The number of aryl methyl sites for hydroxylation is 1. The van der Waals surface area contributed by atoms with Crippen molar-refractivity contribution in [2.45, 2.75) is 26.3 Å². The van der Waals surface area contributed by atoms with E-state index >= 15 is 0 Å².